The first kappa shape index (κ1) is 9.11. The zero-order chi connectivity index (χ0) is 2.71. The number of rotatable bonds is 0. The van der Waals surface area contributed by atoms with Gasteiger partial charge in [0.15, 0.2) is 0 Å². The van der Waals surface area contributed by atoms with Gasteiger partial charge in [0.1, 0.15) is 0 Å². The first-order valence-electron chi connectivity index (χ1n) is 0.408. The average molecular weight is 128 g/mol. The average Bonchev–Trinajstić information content (AvgIpc) is 0.918. The van der Waals surface area contributed by atoms with Crippen LogP contribution in [0.3, 0.4) is 0 Å². The van der Waals surface area contributed by atoms with Crippen LogP contribution in [0.15, 0.2) is 0 Å². The van der Waals surface area contributed by atoms with Crippen LogP contribution in [-0.2, 0) is 0 Å². The van der Waals surface area contributed by atoms with Gasteiger partial charge >= 0.3 is 0 Å². The SMILES string of the molecule is Br.O=[NH+][O-]. The van der Waals surface area contributed by atoms with Gasteiger partial charge < -0.3 is 0 Å². The van der Waals surface area contributed by atoms with Crippen LogP contribution in [0.2, 0.25) is 0 Å². The Kier molecular flexibility index (Phi) is 29.9. The number of halogens is 1. The quantitative estimate of drug-likeness (QED) is 0.332. The van der Waals surface area contributed by atoms with E-state index in [0.717, 1.165) is 0 Å². The standard InChI is InChI=1S/BrH.HNO2/c;2-1-3/h1H;1H. The summed E-state index contributed by atoms with van der Waals surface area (Å²) in [5, 5.41) is 8.38. The molecule has 0 saturated carbocycles. The molecule has 0 saturated heterocycles. The largest absolute Gasteiger partial charge is 0.267 e. The second kappa shape index (κ2) is 13.1. The molecule has 0 unspecified atom stereocenters. The Balaban J connectivity index is 0. The summed E-state index contributed by atoms with van der Waals surface area (Å²) < 4.78 is 0. The molecule has 0 amide bonds. The third-order valence-corrected chi connectivity index (χ3v) is 0. The summed E-state index contributed by atoms with van der Waals surface area (Å²) >= 11 is 0. The van der Waals surface area contributed by atoms with E-state index in [1.165, 1.54) is 0 Å². The summed E-state index contributed by atoms with van der Waals surface area (Å²) in [6.45, 7) is 0. The van der Waals surface area contributed by atoms with E-state index in [-0.39, 0.29) is 22.3 Å². The summed E-state index contributed by atoms with van der Waals surface area (Å²) in [5.74, 6) is 0. The van der Waals surface area contributed by atoms with E-state index >= 15 is 0 Å². The minimum atomic E-state index is 0. The fourth-order valence-corrected chi connectivity index (χ4v) is 0. The second-order valence-electron chi connectivity index (χ2n) is 0.0833. The molecule has 0 aromatic rings. The molecule has 4 heteroatoms. The molecule has 0 fully saturated rings. The molecular weight excluding hydrogens is 126 g/mol. The van der Waals surface area contributed by atoms with Gasteiger partial charge in [-0.05, 0) is 0 Å². The lowest BCUT2D eigenvalue weighted by molar-refractivity contribution is -0.398. The lowest BCUT2D eigenvalue weighted by Gasteiger charge is -1.36. The highest BCUT2D eigenvalue weighted by Crippen LogP contribution is 0.846. The fourth-order valence-electron chi connectivity index (χ4n) is 0. The van der Waals surface area contributed by atoms with Gasteiger partial charge in [0.2, 0.25) is 0 Å². The van der Waals surface area contributed by atoms with Crippen molar-refractivity contribution in [2.45, 2.75) is 0 Å². The molecular formula is H2BrNO2. The highest BCUT2D eigenvalue weighted by Gasteiger charge is 1.10. The lowest BCUT2D eigenvalue weighted by Crippen LogP contribution is -2.53. The summed E-state index contributed by atoms with van der Waals surface area (Å²) in [5.41, 5.74) is 0. The maximum Gasteiger partial charge on any atom is 0.00366 e. The summed E-state index contributed by atoms with van der Waals surface area (Å²) in [7, 11) is 0. The molecule has 0 aliphatic heterocycles. The Morgan fingerprint density at radius 3 is 1.75 bits per heavy atom. The maximum atomic E-state index is 8.12. The molecule has 0 aliphatic rings. The van der Waals surface area contributed by atoms with Gasteiger partial charge in [-0.1, -0.05) is 0 Å². The predicted molar refractivity (Wildman–Crippen MR) is 18.0 cm³/mol. The van der Waals surface area contributed by atoms with Crippen LogP contribution in [0.4, 0.5) is 0 Å². The number of hydrogen-bond donors (Lipinski definition) is 1. The van der Waals surface area contributed by atoms with E-state index in [9.17, 15) is 0 Å². The van der Waals surface area contributed by atoms with E-state index in [2.05, 4.69) is 0 Å². The first-order valence-corrected chi connectivity index (χ1v) is 0.408. The Labute approximate surface area is 33.3 Å². The monoisotopic (exact) mass is 127 g/mol. The first-order chi connectivity index (χ1) is 1.41. The van der Waals surface area contributed by atoms with Crippen molar-refractivity contribution in [1.29, 1.82) is 0 Å². The van der Waals surface area contributed by atoms with Crippen LogP contribution in [0.25, 0.3) is 0 Å². The minimum absolute atomic E-state index is 0. The predicted octanol–water partition coefficient (Wildman–Crippen LogP) is -1.09. The second-order valence-corrected chi connectivity index (χ2v) is 0.0833. The zero-order valence-corrected chi connectivity index (χ0v) is 3.44. The highest BCUT2D eigenvalue weighted by molar-refractivity contribution is 8.93. The fraction of sp³-hybridized carbons (Fsp3) is 0. The minimum Gasteiger partial charge on any atom is -0.267 e. The molecule has 0 heterocycles. The van der Waals surface area contributed by atoms with Gasteiger partial charge in [0.25, 0.3) is 0 Å². The van der Waals surface area contributed by atoms with Gasteiger partial charge in [-0.3, -0.25) is 10.1 Å². The van der Waals surface area contributed by atoms with Crippen molar-refractivity contribution in [1.82, 2.24) is 0 Å². The van der Waals surface area contributed by atoms with E-state index in [0.29, 0.717) is 0 Å². The Bertz CT molecular complexity index is 13.5. The molecule has 0 bridgehead atoms. The van der Waals surface area contributed by atoms with Gasteiger partial charge in [-0.15, -0.1) is 17.0 Å². The zero-order valence-electron chi connectivity index (χ0n) is 1.72. The topological polar surface area (TPSA) is 54.1 Å². The Hall–Kier alpha value is -0.120. The van der Waals surface area contributed by atoms with Gasteiger partial charge in [0, 0.05) is 5.34 Å². The van der Waals surface area contributed by atoms with E-state index in [1.54, 1.807) is 0 Å². The Morgan fingerprint density at radius 2 is 1.75 bits per heavy atom. The van der Waals surface area contributed by atoms with Crippen molar-refractivity contribution in [3.05, 3.63) is 10.1 Å². The molecule has 0 rings (SSSR count). The molecule has 3 nitrogen and oxygen atoms in total. The summed E-state index contributed by atoms with van der Waals surface area (Å²) in [6, 6.07) is 0. The van der Waals surface area contributed by atoms with Crippen molar-refractivity contribution < 1.29 is 5.34 Å². The van der Waals surface area contributed by atoms with Gasteiger partial charge in [0.05, 0.1) is 0 Å². The molecule has 0 aliphatic carbocycles. The number of hydrogen-bond acceptors (Lipinski definition) is 2. The molecule has 26 valence electrons. The smallest absolute Gasteiger partial charge is 0.00366 e. The summed E-state index contributed by atoms with van der Waals surface area (Å²) in [4.78, 5) is 8.12. The molecule has 0 radical (unpaired) electrons. The van der Waals surface area contributed by atoms with Crippen LogP contribution in [0.5, 0.6) is 0 Å². The normalized spacial score (nSPS) is 3.00. The van der Waals surface area contributed by atoms with E-state index in [1.807, 2.05) is 0 Å². The lowest BCUT2D eigenvalue weighted by atomic mass is 13.4. The third-order valence-electron chi connectivity index (χ3n) is 0. The molecule has 0 aromatic carbocycles. The van der Waals surface area contributed by atoms with Crippen LogP contribution in [-0.4, -0.2) is 0 Å². The molecule has 1 N–H and O–H groups in total. The highest BCUT2D eigenvalue weighted by atomic mass is 79.9. The molecule has 0 aromatic heterocycles. The van der Waals surface area contributed by atoms with Crippen molar-refractivity contribution in [2.24, 2.45) is 0 Å². The number of nitrogens with one attached hydrogen (secondary N) is 1. The van der Waals surface area contributed by atoms with Crippen LogP contribution in [0.1, 0.15) is 0 Å². The van der Waals surface area contributed by atoms with Crippen LogP contribution in [0, 0.1) is 10.1 Å². The van der Waals surface area contributed by atoms with E-state index in [4.69, 9.17) is 10.1 Å². The van der Waals surface area contributed by atoms with Crippen molar-refractivity contribution >= 4 is 17.0 Å². The molecule has 4 heavy (non-hydrogen) atoms. The van der Waals surface area contributed by atoms with E-state index < -0.39 is 0 Å². The van der Waals surface area contributed by atoms with Crippen LogP contribution >= 0.6 is 17.0 Å². The van der Waals surface area contributed by atoms with Crippen molar-refractivity contribution in [3.63, 3.8) is 0 Å². The molecule has 0 spiro atoms. The van der Waals surface area contributed by atoms with Gasteiger partial charge in [-0.2, -0.15) is 0 Å². The van der Waals surface area contributed by atoms with Gasteiger partial charge in [-0.25, -0.2) is 0 Å². The van der Waals surface area contributed by atoms with Crippen LogP contribution < -0.4 is 5.34 Å². The third kappa shape index (κ3) is 101. The van der Waals surface area contributed by atoms with Crippen molar-refractivity contribution in [3.8, 4) is 0 Å². The summed E-state index contributed by atoms with van der Waals surface area (Å²) in [6.07, 6.45) is 0. The molecule has 0 atom stereocenters. The van der Waals surface area contributed by atoms with Crippen molar-refractivity contribution in [2.75, 3.05) is 0 Å². The maximum absolute atomic E-state index is 8.12. The Morgan fingerprint density at radius 1 is 1.75 bits per heavy atom.